The molecule has 0 saturated heterocycles. The van der Waals surface area contributed by atoms with Crippen molar-refractivity contribution in [2.45, 2.75) is 19.4 Å². The number of nitrogens with one attached hydrogen (secondary N) is 1. The fourth-order valence-electron chi connectivity index (χ4n) is 1.84. The molecular weight excluding hydrogens is 384 g/mol. The molecule has 1 aromatic carbocycles. The zero-order chi connectivity index (χ0) is 14.8. The molecule has 0 bridgehead atoms. The first kappa shape index (κ1) is 15.2. The molecule has 0 spiro atoms. The molecule has 2 rings (SSSR count). The van der Waals surface area contributed by atoms with Gasteiger partial charge in [-0.05, 0) is 59.6 Å². The molecule has 1 aromatic heterocycles. The van der Waals surface area contributed by atoms with Crippen molar-refractivity contribution in [3.05, 3.63) is 62.8 Å². The van der Waals surface area contributed by atoms with Crippen molar-refractivity contribution < 1.29 is 4.79 Å². The van der Waals surface area contributed by atoms with E-state index in [2.05, 4.69) is 42.2 Å². The lowest BCUT2D eigenvalue weighted by Gasteiger charge is -2.27. The number of amides is 1. The lowest BCUT2D eigenvalue weighted by atomic mass is 9.94. The highest BCUT2D eigenvalue weighted by Gasteiger charge is 2.23. The molecule has 0 aliphatic carbocycles. The number of halogens is 2. The fourth-order valence-corrected chi connectivity index (χ4v) is 2.47. The van der Waals surface area contributed by atoms with E-state index in [9.17, 15) is 4.79 Å². The standard InChI is InChI=1S/C15H14Br2N2O/c1-15(2,11-3-5-12(16)6-4-11)19-14(20)10-7-8-18-13(17)9-10/h3-9H,1-2H3,(H,19,20). The number of carbonyl (C=O) groups excluding carboxylic acids is 1. The van der Waals surface area contributed by atoms with Crippen molar-refractivity contribution in [3.63, 3.8) is 0 Å². The van der Waals surface area contributed by atoms with Crippen LogP contribution in [-0.4, -0.2) is 10.9 Å². The first-order valence-corrected chi connectivity index (χ1v) is 7.67. The van der Waals surface area contributed by atoms with E-state index >= 15 is 0 Å². The normalized spacial score (nSPS) is 11.2. The molecule has 20 heavy (non-hydrogen) atoms. The van der Waals surface area contributed by atoms with Crippen LogP contribution in [0.5, 0.6) is 0 Å². The van der Waals surface area contributed by atoms with E-state index in [1.807, 2.05) is 38.1 Å². The first-order chi connectivity index (χ1) is 9.38. The predicted octanol–water partition coefficient (Wildman–Crippen LogP) is 4.27. The fraction of sp³-hybridized carbons (Fsp3) is 0.200. The average Bonchev–Trinajstić information content (AvgIpc) is 2.38. The van der Waals surface area contributed by atoms with Crippen molar-refractivity contribution >= 4 is 37.8 Å². The second-order valence-corrected chi connectivity index (χ2v) is 6.68. The van der Waals surface area contributed by atoms with Gasteiger partial charge in [-0.15, -0.1) is 0 Å². The van der Waals surface area contributed by atoms with Gasteiger partial charge >= 0.3 is 0 Å². The van der Waals surface area contributed by atoms with Crippen LogP contribution in [0, 0.1) is 0 Å². The molecule has 1 amide bonds. The molecule has 0 fully saturated rings. The van der Waals surface area contributed by atoms with E-state index in [1.54, 1.807) is 18.3 Å². The van der Waals surface area contributed by atoms with Crippen LogP contribution in [0.25, 0.3) is 0 Å². The van der Waals surface area contributed by atoms with Gasteiger partial charge in [-0.3, -0.25) is 4.79 Å². The van der Waals surface area contributed by atoms with Crippen LogP contribution in [0.1, 0.15) is 29.8 Å². The predicted molar refractivity (Wildman–Crippen MR) is 86.6 cm³/mol. The molecule has 1 heterocycles. The molecule has 0 saturated carbocycles. The quantitative estimate of drug-likeness (QED) is 0.785. The number of pyridine rings is 1. The van der Waals surface area contributed by atoms with Gasteiger partial charge in [0.25, 0.3) is 5.91 Å². The van der Waals surface area contributed by atoms with E-state index in [1.165, 1.54) is 0 Å². The van der Waals surface area contributed by atoms with Crippen molar-refractivity contribution in [3.8, 4) is 0 Å². The summed E-state index contributed by atoms with van der Waals surface area (Å²) in [6.07, 6.45) is 1.60. The maximum atomic E-state index is 12.3. The molecule has 2 aromatic rings. The van der Waals surface area contributed by atoms with Crippen LogP contribution >= 0.6 is 31.9 Å². The van der Waals surface area contributed by atoms with E-state index in [0.717, 1.165) is 10.0 Å². The van der Waals surface area contributed by atoms with Gasteiger partial charge in [-0.25, -0.2) is 4.98 Å². The van der Waals surface area contributed by atoms with Crippen LogP contribution in [0.4, 0.5) is 0 Å². The SMILES string of the molecule is CC(C)(NC(=O)c1ccnc(Br)c1)c1ccc(Br)cc1. The Hall–Kier alpha value is -1.20. The van der Waals surface area contributed by atoms with Crippen LogP contribution in [0.3, 0.4) is 0 Å². The smallest absolute Gasteiger partial charge is 0.252 e. The molecule has 3 nitrogen and oxygen atoms in total. The third kappa shape index (κ3) is 3.67. The van der Waals surface area contributed by atoms with Gasteiger partial charge in [-0.1, -0.05) is 28.1 Å². The molecule has 0 atom stereocenters. The lowest BCUT2D eigenvalue weighted by Crippen LogP contribution is -2.41. The van der Waals surface area contributed by atoms with Crippen molar-refractivity contribution in [1.29, 1.82) is 0 Å². The molecule has 0 aliphatic rings. The van der Waals surface area contributed by atoms with Gasteiger partial charge < -0.3 is 5.32 Å². The number of rotatable bonds is 3. The van der Waals surface area contributed by atoms with Crippen LogP contribution < -0.4 is 5.32 Å². The summed E-state index contributed by atoms with van der Waals surface area (Å²) in [7, 11) is 0. The zero-order valence-electron chi connectivity index (χ0n) is 11.2. The molecule has 1 N–H and O–H groups in total. The summed E-state index contributed by atoms with van der Waals surface area (Å²) in [5, 5.41) is 3.03. The third-order valence-corrected chi connectivity index (χ3v) is 3.94. The minimum absolute atomic E-state index is 0.124. The second kappa shape index (κ2) is 6.06. The average molecular weight is 398 g/mol. The van der Waals surface area contributed by atoms with Gasteiger partial charge in [0.15, 0.2) is 0 Å². The summed E-state index contributed by atoms with van der Waals surface area (Å²) < 4.78 is 1.66. The van der Waals surface area contributed by atoms with Crippen molar-refractivity contribution in [2.24, 2.45) is 0 Å². The molecule has 104 valence electrons. The summed E-state index contributed by atoms with van der Waals surface area (Å²) in [5.41, 5.74) is 1.17. The van der Waals surface area contributed by atoms with Crippen LogP contribution in [-0.2, 0) is 5.54 Å². The van der Waals surface area contributed by atoms with E-state index in [4.69, 9.17) is 0 Å². The Labute approximate surface area is 135 Å². The minimum atomic E-state index is -0.451. The maximum absolute atomic E-state index is 12.3. The summed E-state index contributed by atoms with van der Waals surface area (Å²) in [5.74, 6) is -0.124. The Morgan fingerprint density at radius 1 is 1.15 bits per heavy atom. The molecular formula is C15H14Br2N2O. The van der Waals surface area contributed by atoms with E-state index < -0.39 is 5.54 Å². The number of aromatic nitrogens is 1. The molecule has 0 aliphatic heterocycles. The van der Waals surface area contributed by atoms with Gasteiger partial charge in [0, 0.05) is 16.2 Å². The highest BCUT2D eigenvalue weighted by molar-refractivity contribution is 9.10. The Morgan fingerprint density at radius 2 is 1.80 bits per heavy atom. The van der Waals surface area contributed by atoms with Crippen LogP contribution in [0.2, 0.25) is 0 Å². The summed E-state index contributed by atoms with van der Waals surface area (Å²) >= 11 is 6.67. The third-order valence-electron chi connectivity index (χ3n) is 2.98. The summed E-state index contributed by atoms with van der Waals surface area (Å²) in [6, 6.07) is 11.3. The number of hydrogen-bond donors (Lipinski definition) is 1. The van der Waals surface area contributed by atoms with E-state index in [0.29, 0.717) is 10.2 Å². The zero-order valence-corrected chi connectivity index (χ0v) is 14.3. The van der Waals surface area contributed by atoms with Crippen LogP contribution in [0.15, 0.2) is 51.7 Å². The molecule has 5 heteroatoms. The van der Waals surface area contributed by atoms with Gasteiger partial charge in [0.2, 0.25) is 0 Å². The van der Waals surface area contributed by atoms with Crippen molar-refractivity contribution in [1.82, 2.24) is 10.3 Å². The molecule has 0 radical (unpaired) electrons. The minimum Gasteiger partial charge on any atom is -0.343 e. The number of carbonyl (C=O) groups is 1. The maximum Gasteiger partial charge on any atom is 0.252 e. The number of benzene rings is 1. The number of nitrogens with zero attached hydrogens (tertiary/aromatic N) is 1. The first-order valence-electron chi connectivity index (χ1n) is 6.08. The Balaban J connectivity index is 2.19. The summed E-state index contributed by atoms with van der Waals surface area (Å²) in [4.78, 5) is 16.3. The largest absolute Gasteiger partial charge is 0.343 e. The van der Waals surface area contributed by atoms with Crippen molar-refractivity contribution in [2.75, 3.05) is 0 Å². The molecule has 0 unspecified atom stereocenters. The van der Waals surface area contributed by atoms with Gasteiger partial charge in [0.1, 0.15) is 4.60 Å². The van der Waals surface area contributed by atoms with Gasteiger partial charge in [0.05, 0.1) is 5.54 Å². The lowest BCUT2D eigenvalue weighted by molar-refractivity contribution is 0.0912. The second-order valence-electron chi connectivity index (χ2n) is 4.95. The Kier molecular flexibility index (Phi) is 4.60. The van der Waals surface area contributed by atoms with E-state index in [-0.39, 0.29) is 5.91 Å². The topological polar surface area (TPSA) is 42.0 Å². The number of hydrogen-bond acceptors (Lipinski definition) is 2. The Bertz CT molecular complexity index is 624. The highest BCUT2D eigenvalue weighted by Crippen LogP contribution is 2.22. The Morgan fingerprint density at radius 3 is 2.40 bits per heavy atom. The van der Waals surface area contributed by atoms with Gasteiger partial charge in [-0.2, -0.15) is 0 Å². The summed E-state index contributed by atoms with van der Waals surface area (Å²) in [6.45, 7) is 3.95. The monoisotopic (exact) mass is 396 g/mol. The highest BCUT2D eigenvalue weighted by atomic mass is 79.9.